The summed E-state index contributed by atoms with van der Waals surface area (Å²) < 4.78 is 0. The highest BCUT2D eigenvalue weighted by Crippen LogP contribution is 2.39. The van der Waals surface area contributed by atoms with Gasteiger partial charge in [0.25, 0.3) is 0 Å². The lowest BCUT2D eigenvalue weighted by Crippen LogP contribution is -2.60. The second kappa shape index (κ2) is 4.71. The van der Waals surface area contributed by atoms with Gasteiger partial charge in [-0.25, -0.2) is 0 Å². The molecule has 3 heteroatoms. The van der Waals surface area contributed by atoms with E-state index in [1.165, 1.54) is 30.8 Å². The molecule has 1 heterocycles. The van der Waals surface area contributed by atoms with Gasteiger partial charge in [0.2, 0.25) is 0 Å². The van der Waals surface area contributed by atoms with Crippen molar-refractivity contribution in [3.63, 3.8) is 0 Å². The molecule has 1 aliphatic heterocycles. The van der Waals surface area contributed by atoms with Crippen LogP contribution in [0.5, 0.6) is 0 Å². The van der Waals surface area contributed by atoms with E-state index < -0.39 is 0 Å². The largest absolute Gasteiger partial charge is 0.329 e. The number of hydrogen-bond acceptors (Lipinski definition) is 3. The van der Waals surface area contributed by atoms with Gasteiger partial charge in [0, 0.05) is 23.9 Å². The predicted molar refractivity (Wildman–Crippen MR) is 72.8 cm³/mol. The summed E-state index contributed by atoms with van der Waals surface area (Å²) in [5.74, 6) is 2.43. The van der Waals surface area contributed by atoms with E-state index in [1.54, 1.807) is 0 Å². The number of rotatable bonds is 3. The van der Waals surface area contributed by atoms with E-state index in [4.69, 9.17) is 5.73 Å². The molecule has 0 saturated carbocycles. The summed E-state index contributed by atoms with van der Waals surface area (Å²) in [4.78, 5) is 0. The van der Waals surface area contributed by atoms with Crippen LogP contribution in [0.3, 0.4) is 0 Å². The summed E-state index contributed by atoms with van der Waals surface area (Å²) in [6.45, 7) is 5.48. The van der Waals surface area contributed by atoms with Crippen LogP contribution in [0.15, 0.2) is 12.2 Å². The van der Waals surface area contributed by atoms with Crippen molar-refractivity contribution >= 4 is 11.8 Å². The molecule has 92 valence electrons. The van der Waals surface area contributed by atoms with Gasteiger partial charge in [0.05, 0.1) is 0 Å². The third-order valence-corrected chi connectivity index (χ3v) is 5.34. The molecule has 1 atom stereocenters. The minimum atomic E-state index is 0.170. The topological polar surface area (TPSA) is 38.0 Å². The lowest BCUT2D eigenvalue weighted by molar-refractivity contribution is 0.211. The third-order valence-electron chi connectivity index (χ3n) is 3.60. The summed E-state index contributed by atoms with van der Waals surface area (Å²) in [6, 6.07) is 0.623. The van der Waals surface area contributed by atoms with Crippen LogP contribution in [0.2, 0.25) is 0 Å². The molecule has 0 radical (unpaired) electrons. The van der Waals surface area contributed by atoms with Crippen LogP contribution in [-0.4, -0.2) is 29.6 Å². The van der Waals surface area contributed by atoms with Crippen LogP contribution in [-0.2, 0) is 0 Å². The zero-order valence-corrected chi connectivity index (χ0v) is 11.3. The quantitative estimate of drug-likeness (QED) is 0.742. The van der Waals surface area contributed by atoms with Crippen LogP contribution in [0.1, 0.15) is 33.1 Å². The molecule has 0 aromatic rings. The highest BCUT2D eigenvalue weighted by Gasteiger charge is 2.40. The van der Waals surface area contributed by atoms with Crippen LogP contribution in [0.25, 0.3) is 0 Å². The van der Waals surface area contributed by atoms with Gasteiger partial charge < -0.3 is 11.1 Å². The van der Waals surface area contributed by atoms with Crippen molar-refractivity contribution in [2.24, 2.45) is 11.1 Å². The molecule has 2 nitrogen and oxygen atoms in total. The number of nitrogens with two attached hydrogens (primary N) is 1. The normalized spacial score (nSPS) is 34.4. The van der Waals surface area contributed by atoms with Crippen molar-refractivity contribution in [1.82, 2.24) is 5.32 Å². The maximum Gasteiger partial charge on any atom is 0.0403 e. The Bertz CT molecular complexity index is 267. The maximum atomic E-state index is 6.04. The van der Waals surface area contributed by atoms with Crippen LogP contribution >= 0.6 is 11.8 Å². The molecule has 0 aromatic heterocycles. The van der Waals surface area contributed by atoms with E-state index in [0.29, 0.717) is 11.5 Å². The maximum absolute atomic E-state index is 6.04. The second-order valence-electron chi connectivity index (χ2n) is 6.10. The average Bonchev–Trinajstić information content (AvgIpc) is 2.69. The predicted octanol–water partition coefficient (Wildman–Crippen LogP) is 2.16. The van der Waals surface area contributed by atoms with E-state index in [-0.39, 0.29) is 5.54 Å². The van der Waals surface area contributed by atoms with Crippen molar-refractivity contribution < 1.29 is 0 Å². The SMILES string of the molecule is CC1(C)CSCC(CN)(NC2CC=CC2)C1. The Kier molecular flexibility index (Phi) is 3.67. The molecule has 1 unspecified atom stereocenters. The molecule has 0 aromatic carbocycles. The van der Waals surface area contributed by atoms with Crippen LogP contribution < -0.4 is 11.1 Å². The van der Waals surface area contributed by atoms with Crippen molar-refractivity contribution in [1.29, 1.82) is 0 Å². The molecule has 1 fully saturated rings. The minimum Gasteiger partial charge on any atom is -0.329 e. The summed E-state index contributed by atoms with van der Waals surface area (Å²) in [5, 5.41) is 3.83. The second-order valence-corrected chi connectivity index (χ2v) is 7.09. The summed E-state index contributed by atoms with van der Waals surface area (Å²) in [5.41, 5.74) is 6.63. The van der Waals surface area contributed by atoms with Gasteiger partial charge in [-0.1, -0.05) is 26.0 Å². The van der Waals surface area contributed by atoms with Crippen molar-refractivity contribution in [3.8, 4) is 0 Å². The van der Waals surface area contributed by atoms with Gasteiger partial charge in [0.15, 0.2) is 0 Å². The Morgan fingerprint density at radius 3 is 2.56 bits per heavy atom. The van der Waals surface area contributed by atoms with Gasteiger partial charge in [-0.2, -0.15) is 11.8 Å². The fourth-order valence-corrected chi connectivity index (χ4v) is 4.44. The zero-order chi connectivity index (χ0) is 11.6. The molecule has 1 saturated heterocycles. The molecule has 0 bridgehead atoms. The Morgan fingerprint density at radius 2 is 2.00 bits per heavy atom. The average molecular weight is 240 g/mol. The molecule has 16 heavy (non-hydrogen) atoms. The molecule has 3 N–H and O–H groups in total. The van der Waals surface area contributed by atoms with Gasteiger partial charge in [-0.05, 0) is 30.4 Å². The zero-order valence-electron chi connectivity index (χ0n) is 10.5. The molecular formula is C13H24N2S. The fourth-order valence-electron chi connectivity index (χ4n) is 2.99. The van der Waals surface area contributed by atoms with E-state index in [2.05, 4.69) is 43.1 Å². The minimum absolute atomic E-state index is 0.170. The Morgan fingerprint density at radius 1 is 1.31 bits per heavy atom. The van der Waals surface area contributed by atoms with Gasteiger partial charge in [-0.15, -0.1) is 0 Å². The first-order valence-corrected chi connectivity index (χ1v) is 7.41. The Hall–Kier alpha value is 0.0100. The Balaban J connectivity index is 2.00. The van der Waals surface area contributed by atoms with Crippen molar-refractivity contribution in [3.05, 3.63) is 12.2 Å². The van der Waals surface area contributed by atoms with Crippen molar-refractivity contribution in [2.75, 3.05) is 18.1 Å². The first kappa shape index (κ1) is 12.5. The summed E-state index contributed by atoms with van der Waals surface area (Å²) in [6.07, 6.45) is 8.12. The van der Waals surface area contributed by atoms with Crippen LogP contribution in [0, 0.1) is 5.41 Å². The van der Waals surface area contributed by atoms with Crippen molar-refractivity contribution in [2.45, 2.75) is 44.7 Å². The standard InChI is InChI=1S/C13H24N2S/c1-12(2)7-13(8-14,10-16-9-12)15-11-5-3-4-6-11/h3-4,11,15H,5-10,14H2,1-2H3. The first-order valence-electron chi connectivity index (χ1n) is 6.26. The van der Waals surface area contributed by atoms with Gasteiger partial charge >= 0.3 is 0 Å². The smallest absolute Gasteiger partial charge is 0.0403 e. The van der Waals surface area contributed by atoms with Gasteiger partial charge in [-0.3, -0.25) is 0 Å². The third kappa shape index (κ3) is 2.82. The lowest BCUT2D eigenvalue weighted by atomic mass is 9.79. The highest BCUT2D eigenvalue weighted by atomic mass is 32.2. The highest BCUT2D eigenvalue weighted by molar-refractivity contribution is 7.99. The summed E-state index contributed by atoms with van der Waals surface area (Å²) in [7, 11) is 0. The monoisotopic (exact) mass is 240 g/mol. The van der Waals surface area contributed by atoms with E-state index in [9.17, 15) is 0 Å². The van der Waals surface area contributed by atoms with E-state index in [1.807, 2.05) is 0 Å². The lowest BCUT2D eigenvalue weighted by Gasteiger charge is -2.46. The fraction of sp³-hybridized carbons (Fsp3) is 0.846. The molecule has 1 aliphatic carbocycles. The number of hydrogen-bond donors (Lipinski definition) is 2. The van der Waals surface area contributed by atoms with Gasteiger partial charge in [0.1, 0.15) is 0 Å². The number of nitrogens with one attached hydrogen (secondary N) is 1. The van der Waals surface area contributed by atoms with Crippen LogP contribution in [0.4, 0.5) is 0 Å². The molecule has 0 amide bonds. The Labute approximate surface area is 103 Å². The van der Waals surface area contributed by atoms with E-state index in [0.717, 1.165) is 6.54 Å². The molecule has 2 rings (SSSR count). The first-order chi connectivity index (χ1) is 7.55. The number of thioether (sulfide) groups is 1. The van der Waals surface area contributed by atoms with E-state index >= 15 is 0 Å². The molecular weight excluding hydrogens is 216 g/mol. The molecule has 0 spiro atoms. The molecule has 2 aliphatic rings. The summed E-state index contributed by atoms with van der Waals surface area (Å²) >= 11 is 2.05.